The van der Waals surface area contributed by atoms with Crippen LogP contribution in [-0.2, 0) is 0 Å². The quantitative estimate of drug-likeness (QED) is 0.628. The van der Waals surface area contributed by atoms with E-state index in [2.05, 4.69) is 10.5 Å². The van der Waals surface area contributed by atoms with E-state index in [1.807, 2.05) is 24.3 Å². The number of hydrazone groups is 1. The highest BCUT2D eigenvalue weighted by Gasteiger charge is 2.10. The maximum Gasteiger partial charge on any atom is 0.164 e. The molecule has 0 bridgehead atoms. The van der Waals surface area contributed by atoms with Gasteiger partial charge in [-0.1, -0.05) is 0 Å². The largest absolute Gasteiger partial charge is 0.497 e. The molecule has 23 heavy (non-hydrogen) atoms. The highest BCUT2D eigenvalue weighted by molar-refractivity contribution is 5.85. The van der Waals surface area contributed by atoms with E-state index in [1.165, 1.54) is 0 Å². The second-order valence-corrected chi connectivity index (χ2v) is 4.55. The van der Waals surface area contributed by atoms with E-state index in [0.717, 1.165) is 17.0 Å². The summed E-state index contributed by atoms with van der Waals surface area (Å²) in [7, 11) is 6.39. The predicted molar refractivity (Wildman–Crippen MR) is 90.3 cm³/mol. The molecule has 0 aliphatic heterocycles. The Bertz CT molecular complexity index is 669. The number of nitrogens with zero attached hydrogens (tertiary/aromatic N) is 1. The van der Waals surface area contributed by atoms with Gasteiger partial charge in [0.1, 0.15) is 11.5 Å². The lowest BCUT2D eigenvalue weighted by atomic mass is 10.2. The van der Waals surface area contributed by atoms with Crippen LogP contribution in [0, 0.1) is 0 Å². The minimum Gasteiger partial charge on any atom is -0.497 e. The van der Waals surface area contributed by atoms with Crippen molar-refractivity contribution in [1.29, 1.82) is 0 Å². The van der Waals surface area contributed by atoms with Crippen molar-refractivity contribution in [3.8, 4) is 23.0 Å². The fraction of sp³-hybridized carbons (Fsp3) is 0.235. The lowest BCUT2D eigenvalue weighted by Gasteiger charge is -2.11. The lowest BCUT2D eigenvalue weighted by molar-refractivity contribution is 0.349. The molecule has 1 N–H and O–H groups in total. The van der Waals surface area contributed by atoms with Gasteiger partial charge < -0.3 is 18.9 Å². The van der Waals surface area contributed by atoms with Crippen molar-refractivity contribution >= 4 is 11.9 Å². The third kappa shape index (κ3) is 4.06. The first-order chi connectivity index (χ1) is 11.2. The predicted octanol–water partition coefficient (Wildman–Crippen LogP) is 3.17. The van der Waals surface area contributed by atoms with Crippen molar-refractivity contribution in [1.82, 2.24) is 0 Å². The Labute approximate surface area is 135 Å². The smallest absolute Gasteiger partial charge is 0.164 e. The average Bonchev–Trinajstić information content (AvgIpc) is 2.61. The van der Waals surface area contributed by atoms with E-state index in [4.69, 9.17) is 18.9 Å². The summed E-state index contributed by atoms with van der Waals surface area (Å²) in [5.41, 5.74) is 4.57. The Morgan fingerprint density at radius 1 is 0.783 bits per heavy atom. The number of hydrogen-bond donors (Lipinski definition) is 1. The van der Waals surface area contributed by atoms with Gasteiger partial charge in [0.25, 0.3) is 0 Å². The SMILES string of the molecule is COc1ccc(N/N=C/c2cc(OC)c(OC)cc2OC)cc1. The zero-order valence-corrected chi connectivity index (χ0v) is 13.6. The van der Waals surface area contributed by atoms with Gasteiger partial charge in [0.2, 0.25) is 0 Å². The van der Waals surface area contributed by atoms with Crippen molar-refractivity contribution in [3.63, 3.8) is 0 Å². The van der Waals surface area contributed by atoms with Crippen LogP contribution in [0.25, 0.3) is 0 Å². The molecule has 0 amide bonds. The van der Waals surface area contributed by atoms with Crippen molar-refractivity contribution in [2.45, 2.75) is 0 Å². The average molecular weight is 316 g/mol. The van der Waals surface area contributed by atoms with E-state index >= 15 is 0 Å². The second-order valence-electron chi connectivity index (χ2n) is 4.55. The highest BCUT2D eigenvalue weighted by Crippen LogP contribution is 2.33. The first-order valence-electron chi connectivity index (χ1n) is 6.95. The van der Waals surface area contributed by atoms with Crippen molar-refractivity contribution < 1.29 is 18.9 Å². The minimum atomic E-state index is 0.601. The Morgan fingerprint density at radius 2 is 1.39 bits per heavy atom. The van der Waals surface area contributed by atoms with E-state index in [0.29, 0.717) is 17.2 Å². The Hall–Kier alpha value is -2.89. The number of methoxy groups -OCH3 is 4. The zero-order chi connectivity index (χ0) is 16.7. The summed E-state index contributed by atoms with van der Waals surface area (Å²) in [4.78, 5) is 0. The molecule has 0 aliphatic rings. The molecule has 6 nitrogen and oxygen atoms in total. The molecule has 0 unspecified atom stereocenters. The van der Waals surface area contributed by atoms with Crippen LogP contribution in [-0.4, -0.2) is 34.7 Å². The fourth-order valence-electron chi connectivity index (χ4n) is 2.00. The number of rotatable bonds is 7. The molecule has 122 valence electrons. The normalized spacial score (nSPS) is 10.4. The van der Waals surface area contributed by atoms with E-state index < -0.39 is 0 Å². The molecule has 0 radical (unpaired) electrons. The fourth-order valence-corrected chi connectivity index (χ4v) is 2.00. The lowest BCUT2D eigenvalue weighted by Crippen LogP contribution is -1.98. The van der Waals surface area contributed by atoms with Gasteiger partial charge >= 0.3 is 0 Å². The first kappa shape index (κ1) is 16.5. The molecular formula is C17H20N2O4. The summed E-state index contributed by atoms with van der Waals surface area (Å²) in [6.45, 7) is 0. The Kier molecular flexibility index (Phi) is 5.68. The Morgan fingerprint density at radius 3 is 1.96 bits per heavy atom. The second kappa shape index (κ2) is 7.93. The zero-order valence-electron chi connectivity index (χ0n) is 13.6. The van der Waals surface area contributed by atoms with Gasteiger partial charge in [-0.15, -0.1) is 0 Å². The van der Waals surface area contributed by atoms with Crippen molar-refractivity contribution in [2.24, 2.45) is 5.10 Å². The maximum absolute atomic E-state index is 5.35. The van der Waals surface area contributed by atoms with Crippen molar-refractivity contribution in [3.05, 3.63) is 42.0 Å². The molecule has 6 heteroatoms. The van der Waals surface area contributed by atoms with Crippen LogP contribution in [0.3, 0.4) is 0 Å². The number of ether oxygens (including phenoxy) is 4. The third-order valence-electron chi connectivity index (χ3n) is 3.22. The molecule has 2 rings (SSSR count). The van der Waals surface area contributed by atoms with Crippen LogP contribution in [0.5, 0.6) is 23.0 Å². The van der Waals surface area contributed by atoms with Crippen LogP contribution in [0.15, 0.2) is 41.5 Å². The topological polar surface area (TPSA) is 61.3 Å². The van der Waals surface area contributed by atoms with Crippen LogP contribution in [0.2, 0.25) is 0 Å². The van der Waals surface area contributed by atoms with Gasteiger partial charge in [-0.2, -0.15) is 5.10 Å². The number of anilines is 1. The molecular weight excluding hydrogens is 296 g/mol. The minimum absolute atomic E-state index is 0.601. The summed E-state index contributed by atoms with van der Waals surface area (Å²) >= 11 is 0. The number of hydrogen-bond acceptors (Lipinski definition) is 6. The van der Waals surface area contributed by atoms with Crippen LogP contribution in [0.1, 0.15) is 5.56 Å². The molecule has 2 aromatic rings. The van der Waals surface area contributed by atoms with E-state index in [-0.39, 0.29) is 0 Å². The molecule has 0 spiro atoms. The summed E-state index contributed by atoms with van der Waals surface area (Å²) in [5.74, 6) is 2.65. The number of nitrogens with one attached hydrogen (secondary N) is 1. The van der Waals surface area contributed by atoms with Crippen LogP contribution in [0.4, 0.5) is 5.69 Å². The van der Waals surface area contributed by atoms with Gasteiger partial charge in [0.15, 0.2) is 11.5 Å². The van der Waals surface area contributed by atoms with Gasteiger partial charge in [-0.25, -0.2) is 0 Å². The monoisotopic (exact) mass is 316 g/mol. The van der Waals surface area contributed by atoms with Gasteiger partial charge in [-0.3, -0.25) is 5.43 Å². The standard InChI is InChI=1S/C17H20N2O4/c1-20-14-7-5-13(6-8-14)19-18-11-12-9-16(22-3)17(23-4)10-15(12)21-2/h5-11,19H,1-4H3/b18-11+. The van der Waals surface area contributed by atoms with Gasteiger partial charge in [-0.05, 0) is 30.3 Å². The molecule has 2 aromatic carbocycles. The van der Waals surface area contributed by atoms with Crippen molar-refractivity contribution in [2.75, 3.05) is 33.9 Å². The summed E-state index contributed by atoms with van der Waals surface area (Å²) in [6, 6.07) is 11.0. The molecule has 0 fully saturated rings. The summed E-state index contributed by atoms with van der Waals surface area (Å²) in [5, 5.41) is 4.21. The molecule has 0 saturated heterocycles. The molecule has 0 aliphatic carbocycles. The van der Waals surface area contributed by atoms with E-state index in [1.54, 1.807) is 46.8 Å². The van der Waals surface area contributed by atoms with Gasteiger partial charge in [0, 0.05) is 11.6 Å². The summed E-state index contributed by atoms with van der Waals surface area (Å²) in [6.07, 6.45) is 1.66. The first-order valence-corrected chi connectivity index (χ1v) is 6.95. The molecule has 0 heterocycles. The number of benzene rings is 2. The molecule has 0 atom stereocenters. The molecule has 0 saturated carbocycles. The highest BCUT2D eigenvalue weighted by atomic mass is 16.5. The maximum atomic E-state index is 5.35. The van der Waals surface area contributed by atoms with Gasteiger partial charge in [0.05, 0.1) is 40.3 Å². The summed E-state index contributed by atoms with van der Waals surface area (Å²) < 4.78 is 21.0. The molecule has 0 aromatic heterocycles. The van der Waals surface area contributed by atoms with E-state index in [9.17, 15) is 0 Å². The van der Waals surface area contributed by atoms with Crippen LogP contribution < -0.4 is 24.4 Å². The Balaban J connectivity index is 2.17. The van der Waals surface area contributed by atoms with Crippen LogP contribution >= 0.6 is 0 Å². The third-order valence-corrected chi connectivity index (χ3v) is 3.22.